The van der Waals surface area contributed by atoms with Gasteiger partial charge in [-0.3, -0.25) is 9.97 Å². The Bertz CT molecular complexity index is 7060. The van der Waals surface area contributed by atoms with Crippen LogP contribution >= 0.6 is 23.5 Å². The van der Waals surface area contributed by atoms with Crippen molar-refractivity contribution in [3.05, 3.63) is 420 Å². The van der Waals surface area contributed by atoms with Gasteiger partial charge in [0.05, 0.1) is 16.4 Å². The zero-order valence-electron chi connectivity index (χ0n) is 62.9. The first-order chi connectivity index (χ1) is 57.5. The zero-order valence-corrected chi connectivity index (χ0v) is 64.5. The summed E-state index contributed by atoms with van der Waals surface area (Å²) in [6.07, 6.45) is 41.6. The Morgan fingerprint density at radius 3 is 1.68 bits per heavy atom. The average Bonchev–Trinajstić information content (AvgIpc) is 1.52. The van der Waals surface area contributed by atoms with Gasteiger partial charge in [-0.05, 0) is 132 Å². The van der Waals surface area contributed by atoms with Gasteiger partial charge in [0.25, 0.3) is 0 Å². The van der Waals surface area contributed by atoms with Gasteiger partial charge in [-0.2, -0.15) is 0 Å². The van der Waals surface area contributed by atoms with Gasteiger partial charge < -0.3 is 0 Å². The molecule has 116 heavy (non-hydrogen) atoms. The molecule has 15 aromatic rings. The highest BCUT2D eigenvalue weighted by Gasteiger charge is 2.61. The average molecular weight is 1520 g/mol. The number of aromatic nitrogens is 8. The van der Waals surface area contributed by atoms with Crippen molar-refractivity contribution in [2.24, 2.45) is 23.7 Å². The van der Waals surface area contributed by atoms with Gasteiger partial charge in [0.1, 0.15) is 0 Å². The topological polar surface area (TPSA) is 103 Å². The van der Waals surface area contributed by atoms with E-state index in [2.05, 4.69) is 334 Å². The van der Waals surface area contributed by atoms with Crippen molar-refractivity contribution < 1.29 is 0 Å². The van der Waals surface area contributed by atoms with E-state index in [0.717, 1.165) is 95.9 Å². The monoisotopic (exact) mass is 1520 g/mol. The molecule has 11 aromatic carbocycles. The maximum Gasteiger partial charge on any atom is 0.164 e. The minimum absolute atomic E-state index is 0.00411. The van der Waals surface area contributed by atoms with E-state index in [-0.39, 0.29) is 28.9 Å². The summed E-state index contributed by atoms with van der Waals surface area (Å²) in [4.78, 5) is 46.2. The summed E-state index contributed by atoms with van der Waals surface area (Å²) < 4.78 is 0. The van der Waals surface area contributed by atoms with Crippen LogP contribution in [-0.2, 0) is 10.8 Å². The number of nitrogens with zero attached hydrogens (tertiary/aromatic N) is 8. The fraction of sp³-hybridized carbons (Fsp3) is 0.0943. The maximum absolute atomic E-state index is 5.53. The molecule has 8 atom stereocenters. The van der Waals surface area contributed by atoms with Gasteiger partial charge in [0, 0.05) is 123 Å². The first-order valence-electron chi connectivity index (χ1n) is 40.2. The van der Waals surface area contributed by atoms with Gasteiger partial charge in [0.15, 0.2) is 34.9 Å². The molecule has 8 nitrogen and oxygen atoms in total. The van der Waals surface area contributed by atoms with Crippen LogP contribution in [0.15, 0.2) is 390 Å². The highest BCUT2D eigenvalue weighted by molar-refractivity contribution is 8.03. The van der Waals surface area contributed by atoms with Crippen LogP contribution in [0.1, 0.15) is 58.0 Å². The summed E-state index contributed by atoms with van der Waals surface area (Å²) in [5, 5.41) is 4.59. The van der Waals surface area contributed by atoms with Crippen LogP contribution in [0.3, 0.4) is 0 Å². The molecular formula is C106H70N8S2. The minimum atomic E-state index is -0.498. The number of benzene rings is 11. The second-order valence-corrected chi connectivity index (χ2v) is 33.9. The van der Waals surface area contributed by atoms with Gasteiger partial charge in [-0.25, -0.2) is 29.9 Å². The molecule has 0 fully saturated rings. The van der Waals surface area contributed by atoms with Gasteiger partial charge in [0.2, 0.25) is 0 Å². The fourth-order valence-electron chi connectivity index (χ4n) is 20.8. The lowest BCUT2D eigenvalue weighted by molar-refractivity contribution is 0.297. The molecule has 10 heteroatoms. The zero-order chi connectivity index (χ0) is 76.2. The van der Waals surface area contributed by atoms with E-state index < -0.39 is 10.8 Å². The number of rotatable bonds is 9. The third-order valence-electron chi connectivity index (χ3n) is 25.7. The molecular weight excluding hydrogens is 1450 g/mol. The number of fused-ring (bicyclic) bond motifs is 23. The Kier molecular flexibility index (Phi) is 15.4. The summed E-state index contributed by atoms with van der Waals surface area (Å²) >= 11 is 3.84. The van der Waals surface area contributed by atoms with Gasteiger partial charge in [-0.1, -0.05) is 327 Å². The Balaban J connectivity index is 0.607. The first-order valence-corrected chi connectivity index (χ1v) is 41.9. The Morgan fingerprint density at radius 1 is 0.353 bits per heavy atom. The molecule has 7 aliphatic carbocycles. The largest absolute Gasteiger partial charge is 0.256 e. The predicted octanol–water partition coefficient (Wildman–Crippen LogP) is 25.2. The van der Waals surface area contributed by atoms with Crippen molar-refractivity contribution in [3.63, 3.8) is 0 Å². The molecule has 2 aliphatic heterocycles. The highest BCUT2D eigenvalue weighted by atomic mass is 32.2. The number of pyridine rings is 2. The second kappa shape index (κ2) is 26.6. The lowest BCUT2D eigenvalue weighted by Crippen LogP contribution is -2.48. The van der Waals surface area contributed by atoms with Gasteiger partial charge in [-0.15, -0.1) is 11.8 Å². The van der Waals surface area contributed by atoms with Crippen LogP contribution in [-0.4, -0.2) is 45.1 Å². The Morgan fingerprint density at radius 2 is 0.922 bits per heavy atom. The third kappa shape index (κ3) is 10.2. The van der Waals surface area contributed by atoms with Crippen molar-refractivity contribution in [1.82, 2.24) is 39.9 Å². The molecule has 8 unspecified atom stereocenters. The quantitative estimate of drug-likeness (QED) is 0.139. The van der Waals surface area contributed by atoms with E-state index in [1.54, 1.807) is 0 Å². The van der Waals surface area contributed by atoms with Crippen molar-refractivity contribution >= 4 is 67.2 Å². The number of hydrogen-bond donors (Lipinski definition) is 0. The standard InChI is InChI=1S/C106H70N8S2/c1-3-23-68(24-4-1)99-109-101(112-103(111-99)73-54-55-86-92(62-73)115-90-42-15-13-39-84(90)105(86)82-37-11-9-32-78(82)94-75-31-8-7-22-63(75)52-56-87(94)105)70-50-46-65(47-51-70)81-61-74(60-72-30-21-59-108-97(72)81)76-34-17-27-66-53-57-88-95(93(66)76)79-33-10-12-38-83(79)106(88)85-40-14-16-43-91(85)116-98-80(36-19-41-89(98)106)104-113-100(69-25-5-2-6-26-69)110-102(114-104)71-48-44-64(45-49-71)77-35-18-28-67-29-20-58-107-96(67)77/h1-12,14,16-63,75,79,83,89,98H,13,15H2. The van der Waals surface area contributed by atoms with E-state index >= 15 is 0 Å². The molecule has 9 aliphatic rings. The van der Waals surface area contributed by atoms with Crippen molar-refractivity contribution in [3.8, 4) is 90.3 Å². The number of para-hydroxylation sites is 1. The normalized spacial score (nSPS) is 21.8. The van der Waals surface area contributed by atoms with Crippen molar-refractivity contribution in [1.29, 1.82) is 0 Å². The molecule has 0 radical (unpaired) electrons. The van der Waals surface area contributed by atoms with E-state index in [9.17, 15) is 0 Å². The lowest BCUT2D eigenvalue weighted by atomic mass is 9.57. The molecule has 6 heterocycles. The SMILES string of the molecule is C1=CC2C=CC3=C(c4ccccc4C34C3=CCCC=C3Sc3cc(-c5nc(-c6ccccc6)nc(-c6ccc(-c7cc(-c8cccc9ccc%10c(c89)C8C=CC=CC8C%108c9ccccc9SC9C(c%10nc(-c%11ccccc%11)nc(-c%11ccc(-c%12cccc%13cccnc%12%13)cc%11)n%10)=CC=CC98)cc8cccnc78)cc6)n5)ccc34)C2C=C1. The third-order valence-corrected chi connectivity index (χ3v) is 28.3. The number of hydrogen-bond acceptors (Lipinski definition) is 10. The van der Waals surface area contributed by atoms with E-state index in [1.807, 2.05) is 54.1 Å². The predicted molar refractivity (Wildman–Crippen MR) is 473 cm³/mol. The van der Waals surface area contributed by atoms with E-state index in [0.29, 0.717) is 40.9 Å². The van der Waals surface area contributed by atoms with E-state index in [1.165, 1.54) is 81.1 Å². The molecule has 0 N–H and O–H groups in total. The van der Waals surface area contributed by atoms with Crippen LogP contribution in [0, 0.1) is 23.7 Å². The molecule has 0 amide bonds. The van der Waals surface area contributed by atoms with Crippen molar-refractivity contribution in [2.75, 3.05) is 0 Å². The number of allylic oxidation sites excluding steroid dienone is 18. The van der Waals surface area contributed by atoms with Crippen LogP contribution in [0.25, 0.3) is 134 Å². The summed E-state index contributed by atoms with van der Waals surface area (Å²) in [6.45, 7) is 0. The Hall–Kier alpha value is -13.4. The summed E-state index contributed by atoms with van der Waals surface area (Å²) in [7, 11) is 0. The second-order valence-electron chi connectivity index (χ2n) is 31.6. The van der Waals surface area contributed by atoms with Crippen LogP contribution in [0.4, 0.5) is 0 Å². The summed E-state index contributed by atoms with van der Waals surface area (Å²) in [5.74, 6) is 4.53. The summed E-state index contributed by atoms with van der Waals surface area (Å²) in [5.41, 5.74) is 25.6. The van der Waals surface area contributed by atoms with Gasteiger partial charge >= 0.3 is 0 Å². The molecule has 4 aromatic heterocycles. The smallest absolute Gasteiger partial charge is 0.164 e. The van der Waals surface area contributed by atoms with Crippen LogP contribution in [0.5, 0.6) is 0 Å². The molecule has 546 valence electrons. The first kappa shape index (κ1) is 67.2. The van der Waals surface area contributed by atoms with Crippen molar-refractivity contribution in [2.45, 2.75) is 44.6 Å². The molecule has 2 spiro atoms. The number of thioether (sulfide) groups is 2. The molecule has 0 bridgehead atoms. The molecule has 24 rings (SSSR count). The fourth-order valence-corrected chi connectivity index (χ4v) is 23.7. The van der Waals surface area contributed by atoms with Crippen LogP contribution in [0.2, 0.25) is 0 Å². The minimum Gasteiger partial charge on any atom is -0.256 e. The Labute approximate surface area is 680 Å². The maximum atomic E-state index is 5.53. The highest BCUT2D eigenvalue weighted by Crippen LogP contribution is 2.70. The lowest BCUT2D eigenvalue weighted by Gasteiger charge is -2.51. The van der Waals surface area contributed by atoms with E-state index in [4.69, 9.17) is 39.9 Å². The van der Waals surface area contributed by atoms with Crippen LogP contribution < -0.4 is 0 Å². The molecule has 0 saturated heterocycles. The summed E-state index contributed by atoms with van der Waals surface area (Å²) in [6, 6.07) is 94.8. The molecule has 0 saturated carbocycles.